The maximum atomic E-state index is 10.9. The molecule has 0 aromatic carbocycles. The maximum Gasteiger partial charge on any atom is 0.189 e. The molecule has 1 N–H and O–H groups in total. The van der Waals surface area contributed by atoms with Gasteiger partial charge in [-0.05, 0) is 12.0 Å². The first-order valence-electron chi connectivity index (χ1n) is 3.16. The van der Waals surface area contributed by atoms with Crippen LogP contribution in [0.3, 0.4) is 0 Å². The van der Waals surface area contributed by atoms with E-state index in [1.807, 2.05) is 0 Å². The lowest BCUT2D eigenvalue weighted by Gasteiger charge is -1.94. The van der Waals surface area contributed by atoms with Crippen LogP contribution in [0.1, 0.15) is 12.8 Å². The van der Waals surface area contributed by atoms with E-state index in [4.69, 9.17) is 11.0 Å². The number of hydrogen-bond acceptors (Lipinski definition) is 4. The number of carbonyl (C=O) groups excluding carboxylic acids is 1. The smallest absolute Gasteiger partial charge is 0.189 e. The van der Waals surface area contributed by atoms with Crippen molar-refractivity contribution in [2.75, 3.05) is 11.5 Å². The van der Waals surface area contributed by atoms with Gasteiger partial charge in [-0.15, -0.1) is 12.3 Å². The van der Waals surface area contributed by atoms with E-state index < -0.39 is 0 Å². The van der Waals surface area contributed by atoms with Crippen LogP contribution in [0.25, 0.3) is 0 Å². The van der Waals surface area contributed by atoms with Crippen LogP contribution in [0.15, 0.2) is 0 Å². The lowest BCUT2D eigenvalue weighted by Crippen LogP contribution is -1.93. The zero-order chi connectivity index (χ0) is 8.53. The summed E-state index contributed by atoms with van der Waals surface area (Å²) < 4.78 is 8.31. The molecule has 0 spiro atoms. The van der Waals surface area contributed by atoms with Gasteiger partial charge in [-0.25, -0.2) is 0 Å². The molecule has 62 valence electrons. The third-order valence-electron chi connectivity index (χ3n) is 0.911. The molecule has 0 saturated heterocycles. The third kappa shape index (κ3) is 7.79. The van der Waals surface area contributed by atoms with Gasteiger partial charge < -0.3 is 4.55 Å². The highest BCUT2D eigenvalue weighted by atomic mass is 32.2. The highest BCUT2D eigenvalue weighted by Gasteiger charge is 1.99. The van der Waals surface area contributed by atoms with Gasteiger partial charge >= 0.3 is 0 Å². The first-order chi connectivity index (χ1) is 5.31. The molecule has 0 bridgehead atoms. The van der Waals surface area contributed by atoms with Crippen LogP contribution in [-0.2, 0) is 4.79 Å². The fraction of sp³-hybridized carbons (Fsp3) is 0.571. The fourth-order valence-electron chi connectivity index (χ4n) is 0.439. The lowest BCUT2D eigenvalue weighted by atomic mass is 10.3. The predicted octanol–water partition coefficient (Wildman–Crippen LogP) is 1.87. The molecule has 11 heavy (non-hydrogen) atoms. The third-order valence-corrected chi connectivity index (χ3v) is 2.49. The Hall–Kier alpha value is -0.110. The lowest BCUT2D eigenvalue weighted by molar-refractivity contribution is -0.110. The molecular formula is C7H10O2S2. The molecule has 0 aromatic rings. The largest absolute Gasteiger partial charge is 0.330 e. The molecule has 0 aromatic heterocycles. The average Bonchev–Trinajstić information content (AvgIpc) is 2.01. The number of thioether (sulfide) groups is 1. The van der Waals surface area contributed by atoms with Gasteiger partial charge in [-0.1, -0.05) is 11.8 Å². The van der Waals surface area contributed by atoms with Gasteiger partial charge in [0.25, 0.3) is 0 Å². The molecule has 0 atom stereocenters. The van der Waals surface area contributed by atoms with Crippen molar-refractivity contribution in [1.82, 2.24) is 0 Å². The molecule has 0 fully saturated rings. The van der Waals surface area contributed by atoms with E-state index in [2.05, 4.69) is 5.92 Å². The standard InChI is InChI=1S/C7H10O2S2/c1-2-3-4-7(8)10-5-6-11-9/h1,9H,3-6H2. The summed E-state index contributed by atoms with van der Waals surface area (Å²) in [6.07, 6.45) is 5.93. The summed E-state index contributed by atoms with van der Waals surface area (Å²) in [7, 11) is 0. The van der Waals surface area contributed by atoms with Crippen LogP contribution >= 0.6 is 23.8 Å². The normalized spacial score (nSPS) is 9.09. The molecule has 0 amide bonds. The van der Waals surface area contributed by atoms with Crippen LogP contribution in [-0.4, -0.2) is 21.2 Å². The minimum absolute atomic E-state index is 0.108. The first-order valence-corrected chi connectivity index (χ1v) is 5.09. The van der Waals surface area contributed by atoms with Crippen LogP contribution in [0.2, 0.25) is 0 Å². The molecule has 4 heteroatoms. The minimum Gasteiger partial charge on any atom is -0.330 e. The molecule has 2 nitrogen and oxygen atoms in total. The van der Waals surface area contributed by atoms with E-state index in [0.717, 1.165) is 12.0 Å². The molecule has 0 aliphatic carbocycles. The van der Waals surface area contributed by atoms with Crippen molar-refractivity contribution < 1.29 is 9.35 Å². The zero-order valence-electron chi connectivity index (χ0n) is 6.08. The van der Waals surface area contributed by atoms with Gasteiger partial charge in [0.15, 0.2) is 5.12 Å². The van der Waals surface area contributed by atoms with E-state index >= 15 is 0 Å². The van der Waals surface area contributed by atoms with Gasteiger partial charge in [0.05, 0.1) is 0 Å². The van der Waals surface area contributed by atoms with Crippen molar-refractivity contribution >= 4 is 28.9 Å². The predicted molar refractivity (Wildman–Crippen MR) is 50.6 cm³/mol. The Kier molecular flexibility index (Phi) is 7.91. The van der Waals surface area contributed by atoms with E-state index in [1.54, 1.807) is 0 Å². The summed E-state index contributed by atoms with van der Waals surface area (Å²) in [4.78, 5) is 10.9. The van der Waals surface area contributed by atoms with Gasteiger partial charge in [-0.3, -0.25) is 4.79 Å². The summed E-state index contributed by atoms with van der Waals surface area (Å²) >= 11 is 1.98. The van der Waals surface area contributed by atoms with Crippen LogP contribution < -0.4 is 0 Å². The maximum absolute atomic E-state index is 10.9. The Labute approximate surface area is 75.3 Å². The van der Waals surface area contributed by atoms with Gasteiger partial charge in [0.2, 0.25) is 0 Å². The topological polar surface area (TPSA) is 37.3 Å². The Morgan fingerprint density at radius 2 is 2.27 bits per heavy atom. The summed E-state index contributed by atoms with van der Waals surface area (Å²) in [5.41, 5.74) is 0. The van der Waals surface area contributed by atoms with Crippen molar-refractivity contribution in [3.05, 3.63) is 0 Å². The highest BCUT2D eigenvalue weighted by molar-refractivity contribution is 8.14. The molecule has 0 radical (unpaired) electrons. The van der Waals surface area contributed by atoms with Crippen molar-refractivity contribution in [2.45, 2.75) is 12.8 Å². The van der Waals surface area contributed by atoms with Gasteiger partial charge in [-0.2, -0.15) is 0 Å². The monoisotopic (exact) mass is 190 g/mol. The quantitative estimate of drug-likeness (QED) is 0.408. The number of carbonyl (C=O) groups is 1. The first kappa shape index (κ1) is 10.9. The molecule has 0 aliphatic rings. The average molecular weight is 190 g/mol. The second-order valence-corrected chi connectivity index (χ2v) is 3.58. The molecule has 0 aliphatic heterocycles. The molecule has 0 rings (SSSR count). The summed E-state index contributed by atoms with van der Waals surface area (Å²) in [5, 5.41) is 0.108. The Morgan fingerprint density at radius 3 is 2.82 bits per heavy atom. The summed E-state index contributed by atoms with van der Waals surface area (Å²) in [5.74, 6) is 3.65. The minimum atomic E-state index is 0.108. The fourth-order valence-corrected chi connectivity index (χ4v) is 1.54. The van der Waals surface area contributed by atoms with Crippen LogP contribution in [0.5, 0.6) is 0 Å². The molecule has 0 saturated carbocycles. The Morgan fingerprint density at radius 1 is 1.55 bits per heavy atom. The number of rotatable bonds is 5. The SMILES string of the molecule is C#CCCC(=O)SCCSO. The number of terminal acetylenes is 1. The second kappa shape index (κ2) is 7.99. The highest BCUT2D eigenvalue weighted by Crippen LogP contribution is 2.08. The second-order valence-electron chi connectivity index (χ2n) is 1.76. The van der Waals surface area contributed by atoms with E-state index in [0.29, 0.717) is 24.3 Å². The molecule has 0 heterocycles. The van der Waals surface area contributed by atoms with E-state index in [-0.39, 0.29) is 5.12 Å². The van der Waals surface area contributed by atoms with E-state index in [1.165, 1.54) is 11.8 Å². The van der Waals surface area contributed by atoms with Gasteiger partial charge in [0.1, 0.15) is 0 Å². The Bertz CT molecular complexity index is 151. The van der Waals surface area contributed by atoms with Crippen molar-refractivity contribution in [1.29, 1.82) is 0 Å². The van der Waals surface area contributed by atoms with Gasteiger partial charge in [0, 0.05) is 24.3 Å². The Balaban J connectivity index is 3.17. The van der Waals surface area contributed by atoms with Crippen molar-refractivity contribution in [3.8, 4) is 12.3 Å². The number of hydrogen-bond donors (Lipinski definition) is 1. The van der Waals surface area contributed by atoms with Crippen molar-refractivity contribution in [3.63, 3.8) is 0 Å². The molecule has 0 unspecified atom stereocenters. The van der Waals surface area contributed by atoms with Crippen molar-refractivity contribution in [2.24, 2.45) is 0 Å². The van der Waals surface area contributed by atoms with Crippen LogP contribution in [0.4, 0.5) is 0 Å². The van der Waals surface area contributed by atoms with E-state index in [9.17, 15) is 4.79 Å². The zero-order valence-corrected chi connectivity index (χ0v) is 7.71. The molecular weight excluding hydrogens is 180 g/mol. The summed E-state index contributed by atoms with van der Waals surface area (Å²) in [6.45, 7) is 0. The van der Waals surface area contributed by atoms with Crippen LogP contribution in [0, 0.1) is 12.3 Å². The summed E-state index contributed by atoms with van der Waals surface area (Å²) in [6, 6.07) is 0.